The summed E-state index contributed by atoms with van der Waals surface area (Å²) in [5.74, 6) is -0.0108. The van der Waals surface area contributed by atoms with Gasteiger partial charge in [-0.05, 0) is 24.6 Å². The van der Waals surface area contributed by atoms with Crippen molar-refractivity contribution in [2.45, 2.75) is 6.42 Å². The zero-order valence-electron chi connectivity index (χ0n) is 9.02. The highest BCUT2D eigenvalue weighted by Crippen LogP contribution is 2.16. The molecule has 0 aromatic heterocycles. The average Bonchev–Trinajstić information content (AvgIpc) is 2.28. The highest BCUT2D eigenvalue weighted by molar-refractivity contribution is 5.96. The molecular weight excluding hydrogens is 202 g/mol. The van der Waals surface area contributed by atoms with E-state index in [2.05, 4.69) is 6.08 Å². The fraction of sp³-hybridized carbons (Fsp3) is 0.250. The van der Waals surface area contributed by atoms with E-state index in [9.17, 15) is 4.79 Å². The third-order valence-electron chi connectivity index (χ3n) is 2.57. The molecule has 2 rings (SSSR count). The van der Waals surface area contributed by atoms with Gasteiger partial charge < -0.3 is 16.4 Å². The lowest BCUT2D eigenvalue weighted by molar-refractivity contribution is 0.0771. The van der Waals surface area contributed by atoms with Crippen molar-refractivity contribution in [3.8, 4) is 0 Å². The van der Waals surface area contributed by atoms with Crippen molar-refractivity contribution < 1.29 is 4.79 Å². The van der Waals surface area contributed by atoms with Crippen LogP contribution in [0.2, 0.25) is 0 Å². The summed E-state index contributed by atoms with van der Waals surface area (Å²) >= 11 is 0. The molecule has 0 atom stereocenters. The summed E-state index contributed by atoms with van der Waals surface area (Å²) in [5.41, 5.74) is 12.9. The molecule has 1 amide bonds. The van der Waals surface area contributed by atoms with Crippen molar-refractivity contribution in [1.82, 2.24) is 4.90 Å². The van der Waals surface area contributed by atoms with Crippen LogP contribution in [0.1, 0.15) is 16.8 Å². The third-order valence-corrected chi connectivity index (χ3v) is 2.57. The number of amides is 1. The van der Waals surface area contributed by atoms with Gasteiger partial charge in [0.25, 0.3) is 5.91 Å². The minimum absolute atomic E-state index is 0.0108. The first-order chi connectivity index (χ1) is 7.66. The summed E-state index contributed by atoms with van der Waals surface area (Å²) in [5, 5.41) is 0. The Balaban J connectivity index is 2.23. The van der Waals surface area contributed by atoms with Crippen LogP contribution in [0.3, 0.4) is 0 Å². The maximum Gasteiger partial charge on any atom is 0.254 e. The van der Waals surface area contributed by atoms with Crippen LogP contribution in [0.4, 0.5) is 11.4 Å². The normalized spacial score (nSPS) is 15.1. The minimum atomic E-state index is -0.0108. The van der Waals surface area contributed by atoms with Crippen LogP contribution in [0.15, 0.2) is 30.4 Å². The molecule has 0 saturated carbocycles. The molecule has 4 N–H and O–H groups in total. The van der Waals surface area contributed by atoms with Crippen molar-refractivity contribution in [3.63, 3.8) is 0 Å². The van der Waals surface area contributed by atoms with Gasteiger partial charge in [-0.1, -0.05) is 12.2 Å². The topological polar surface area (TPSA) is 72.3 Å². The summed E-state index contributed by atoms with van der Waals surface area (Å²) in [6, 6.07) is 4.97. The maximum atomic E-state index is 12.1. The van der Waals surface area contributed by atoms with E-state index in [-0.39, 0.29) is 5.91 Å². The van der Waals surface area contributed by atoms with Crippen molar-refractivity contribution in [2.75, 3.05) is 24.6 Å². The summed E-state index contributed by atoms with van der Waals surface area (Å²) in [6.07, 6.45) is 4.98. The SMILES string of the molecule is Nc1cc(N)cc(C(=O)N2CC=CCC2)c1. The molecule has 0 aliphatic carbocycles. The number of hydrogen-bond acceptors (Lipinski definition) is 3. The first kappa shape index (κ1) is 10.5. The molecule has 1 aliphatic heterocycles. The largest absolute Gasteiger partial charge is 0.399 e. The highest BCUT2D eigenvalue weighted by Gasteiger charge is 2.16. The van der Waals surface area contributed by atoms with E-state index in [0.717, 1.165) is 13.0 Å². The van der Waals surface area contributed by atoms with Crippen LogP contribution in [0.5, 0.6) is 0 Å². The van der Waals surface area contributed by atoms with E-state index < -0.39 is 0 Å². The lowest BCUT2D eigenvalue weighted by atomic mass is 10.1. The molecule has 0 spiro atoms. The van der Waals surface area contributed by atoms with Crippen molar-refractivity contribution in [2.24, 2.45) is 0 Å². The maximum absolute atomic E-state index is 12.1. The van der Waals surface area contributed by atoms with E-state index >= 15 is 0 Å². The third kappa shape index (κ3) is 2.16. The number of rotatable bonds is 1. The van der Waals surface area contributed by atoms with Crippen LogP contribution in [-0.4, -0.2) is 23.9 Å². The number of carbonyl (C=O) groups is 1. The smallest absolute Gasteiger partial charge is 0.254 e. The van der Waals surface area contributed by atoms with E-state index in [4.69, 9.17) is 11.5 Å². The zero-order valence-corrected chi connectivity index (χ0v) is 9.02. The number of anilines is 2. The quantitative estimate of drug-likeness (QED) is 0.549. The molecular formula is C12H15N3O. The number of benzene rings is 1. The molecule has 1 aliphatic rings. The van der Waals surface area contributed by atoms with Gasteiger partial charge in [-0.2, -0.15) is 0 Å². The fourth-order valence-corrected chi connectivity index (χ4v) is 1.81. The average molecular weight is 217 g/mol. The Kier molecular flexibility index (Phi) is 2.81. The molecule has 84 valence electrons. The Morgan fingerprint density at radius 3 is 2.38 bits per heavy atom. The van der Waals surface area contributed by atoms with Crippen LogP contribution in [0, 0.1) is 0 Å². The summed E-state index contributed by atoms with van der Waals surface area (Å²) in [7, 11) is 0. The lowest BCUT2D eigenvalue weighted by Gasteiger charge is -2.23. The van der Waals surface area contributed by atoms with Gasteiger partial charge in [0.15, 0.2) is 0 Å². The van der Waals surface area contributed by atoms with Gasteiger partial charge in [0.05, 0.1) is 0 Å². The van der Waals surface area contributed by atoms with Crippen LogP contribution < -0.4 is 11.5 Å². The van der Waals surface area contributed by atoms with Gasteiger partial charge in [0.1, 0.15) is 0 Å². The number of nitrogens with zero attached hydrogens (tertiary/aromatic N) is 1. The number of nitrogens with two attached hydrogens (primary N) is 2. The minimum Gasteiger partial charge on any atom is -0.399 e. The van der Waals surface area contributed by atoms with Gasteiger partial charge in [-0.3, -0.25) is 4.79 Å². The molecule has 1 aromatic rings. The van der Waals surface area contributed by atoms with E-state index in [1.165, 1.54) is 0 Å². The second-order valence-corrected chi connectivity index (χ2v) is 3.90. The van der Waals surface area contributed by atoms with E-state index in [1.807, 2.05) is 6.08 Å². The predicted molar refractivity (Wildman–Crippen MR) is 64.9 cm³/mol. The van der Waals surface area contributed by atoms with Gasteiger partial charge >= 0.3 is 0 Å². The number of nitrogen functional groups attached to an aromatic ring is 2. The molecule has 16 heavy (non-hydrogen) atoms. The lowest BCUT2D eigenvalue weighted by Crippen LogP contribution is -2.33. The molecule has 1 heterocycles. The Morgan fingerprint density at radius 2 is 1.81 bits per heavy atom. The van der Waals surface area contributed by atoms with E-state index in [1.54, 1.807) is 23.1 Å². The van der Waals surface area contributed by atoms with Crippen molar-refractivity contribution in [3.05, 3.63) is 35.9 Å². The van der Waals surface area contributed by atoms with Gasteiger partial charge in [-0.25, -0.2) is 0 Å². The van der Waals surface area contributed by atoms with Crippen LogP contribution >= 0.6 is 0 Å². The first-order valence-corrected chi connectivity index (χ1v) is 5.27. The molecule has 0 saturated heterocycles. The Morgan fingerprint density at radius 1 is 1.12 bits per heavy atom. The number of hydrogen-bond donors (Lipinski definition) is 2. The summed E-state index contributed by atoms with van der Waals surface area (Å²) in [4.78, 5) is 13.9. The highest BCUT2D eigenvalue weighted by atomic mass is 16.2. The standard InChI is InChI=1S/C12H15N3O/c13-10-6-9(7-11(14)8-10)12(16)15-4-2-1-3-5-15/h1-2,6-8H,3-5,13-14H2. The molecule has 4 nitrogen and oxygen atoms in total. The van der Waals surface area contributed by atoms with Crippen LogP contribution in [0.25, 0.3) is 0 Å². The van der Waals surface area contributed by atoms with Gasteiger partial charge in [-0.15, -0.1) is 0 Å². The molecule has 0 radical (unpaired) electrons. The Hall–Kier alpha value is -1.97. The predicted octanol–water partition coefficient (Wildman–Crippen LogP) is 1.25. The van der Waals surface area contributed by atoms with Gasteiger partial charge in [0, 0.05) is 30.0 Å². The fourth-order valence-electron chi connectivity index (χ4n) is 1.81. The van der Waals surface area contributed by atoms with E-state index in [0.29, 0.717) is 23.5 Å². The van der Waals surface area contributed by atoms with Crippen LogP contribution in [-0.2, 0) is 0 Å². The molecule has 4 heteroatoms. The summed E-state index contributed by atoms with van der Waals surface area (Å²) in [6.45, 7) is 1.41. The Labute approximate surface area is 94.5 Å². The number of carbonyl (C=O) groups excluding carboxylic acids is 1. The Bertz CT molecular complexity index is 420. The first-order valence-electron chi connectivity index (χ1n) is 5.27. The van der Waals surface area contributed by atoms with Gasteiger partial charge in [0.2, 0.25) is 0 Å². The van der Waals surface area contributed by atoms with Crippen molar-refractivity contribution >= 4 is 17.3 Å². The van der Waals surface area contributed by atoms with Crippen molar-refractivity contribution in [1.29, 1.82) is 0 Å². The zero-order chi connectivity index (χ0) is 11.5. The summed E-state index contributed by atoms with van der Waals surface area (Å²) < 4.78 is 0. The molecule has 0 fully saturated rings. The molecule has 1 aromatic carbocycles. The second-order valence-electron chi connectivity index (χ2n) is 3.90. The molecule has 0 bridgehead atoms. The molecule has 0 unspecified atom stereocenters. The second kappa shape index (κ2) is 4.26. The monoisotopic (exact) mass is 217 g/mol.